The van der Waals surface area contributed by atoms with Gasteiger partial charge >= 0.3 is 5.97 Å². The molecule has 1 atom stereocenters. The number of hydrogen-bond donors (Lipinski definition) is 1. The molecule has 1 aliphatic carbocycles. The molecular weight excluding hydrogens is 322 g/mol. The zero-order valence-corrected chi connectivity index (χ0v) is 11.8. The van der Waals surface area contributed by atoms with Crippen LogP contribution in [0.2, 0.25) is 0 Å². The largest absolute Gasteiger partial charge is 0.492 e. The van der Waals surface area contributed by atoms with Crippen molar-refractivity contribution < 1.29 is 23.4 Å². The summed E-state index contributed by atoms with van der Waals surface area (Å²) >= 11 is 3.12. The van der Waals surface area contributed by atoms with E-state index in [0.29, 0.717) is 4.47 Å². The summed E-state index contributed by atoms with van der Waals surface area (Å²) in [5.41, 5.74) is 0.107. The number of rotatable bonds is 5. The molecule has 0 aliphatic heterocycles. The molecule has 0 saturated heterocycles. The van der Waals surface area contributed by atoms with Crippen LogP contribution in [0.15, 0.2) is 10.5 Å². The van der Waals surface area contributed by atoms with Gasteiger partial charge in [0.15, 0.2) is 11.6 Å². The molecule has 19 heavy (non-hydrogen) atoms. The van der Waals surface area contributed by atoms with Crippen molar-refractivity contribution in [1.29, 1.82) is 0 Å². The molecule has 1 saturated carbocycles. The fourth-order valence-corrected chi connectivity index (χ4v) is 2.85. The van der Waals surface area contributed by atoms with E-state index in [1.54, 1.807) is 0 Å². The molecular formula is C13H13BrF2O3. The maximum absolute atomic E-state index is 14.0. The van der Waals surface area contributed by atoms with E-state index < -0.39 is 23.5 Å². The van der Waals surface area contributed by atoms with Crippen LogP contribution in [0, 0.1) is 17.6 Å². The van der Waals surface area contributed by atoms with Gasteiger partial charge in [0, 0.05) is 5.92 Å². The van der Waals surface area contributed by atoms with Crippen molar-refractivity contribution in [2.24, 2.45) is 5.92 Å². The molecule has 1 unspecified atom stereocenters. The van der Waals surface area contributed by atoms with Crippen molar-refractivity contribution in [2.75, 3.05) is 7.11 Å². The molecule has 1 aromatic carbocycles. The van der Waals surface area contributed by atoms with Crippen LogP contribution in [-0.2, 0) is 4.79 Å². The Kier molecular flexibility index (Phi) is 4.08. The number of carboxylic acids is 1. The Morgan fingerprint density at radius 2 is 2.16 bits per heavy atom. The minimum Gasteiger partial charge on any atom is -0.492 e. The molecule has 1 aliphatic rings. The van der Waals surface area contributed by atoms with Crippen molar-refractivity contribution in [2.45, 2.75) is 25.2 Å². The first kappa shape index (κ1) is 14.2. The van der Waals surface area contributed by atoms with Gasteiger partial charge < -0.3 is 9.84 Å². The van der Waals surface area contributed by atoms with E-state index in [0.717, 1.165) is 12.8 Å². The lowest BCUT2D eigenvalue weighted by Gasteiger charge is -2.17. The topological polar surface area (TPSA) is 46.5 Å². The van der Waals surface area contributed by atoms with Crippen LogP contribution in [0.3, 0.4) is 0 Å². The first-order chi connectivity index (χ1) is 8.95. The molecule has 0 amide bonds. The van der Waals surface area contributed by atoms with E-state index in [2.05, 4.69) is 15.9 Å². The maximum atomic E-state index is 14.0. The predicted octanol–water partition coefficient (Wildman–Crippen LogP) is 3.70. The number of carbonyl (C=O) groups is 1. The number of benzene rings is 1. The highest BCUT2D eigenvalue weighted by Crippen LogP contribution is 2.47. The molecule has 3 nitrogen and oxygen atoms in total. The van der Waals surface area contributed by atoms with Crippen LogP contribution in [0.25, 0.3) is 0 Å². The number of methoxy groups -OCH3 is 1. The molecule has 0 radical (unpaired) electrons. The number of carboxylic acid groups (broad SMARTS) is 1. The summed E-state index contributed by atoms with van der Waals surface area (Å²) in [7, 11) is 1.25. The SMILES string of the molecule is COc1c(Br)cc(C(CC(=O)O)C2CC2)c(F)c1F. The molecule has 0 bridgehead atoms. The first-order valence-corrected chi connectivity index (χ1v) is 6.68. The van der Waals surface area contributed by atoms with Gasteiger partial charge in [-0.25, -0.2) is 4.39 Å². The molecule has 1 aromatic rings. The van der Waals surface area contributed by atoms with Gasteiger partial charge in [0.2, 0.25) is 5.82 Å². The highest BCUT2D eigenvalue weighted by molar-refractivity contribution is 9.10. The number of ether oxygens (including phenoxy) is 1. The molecule has 1 fully saturated rings. The van der Waals surface area contributed by atoms with Crippen molar-refractivity contribution >= 4 is 21.9 Å². The van der Waals surface area contributed by atoms with Crippen LogP contribution in [0.5, 0.6) is 5.75 Å². The molecule has 0 spiro atoms. The number of halogens is 3. The Morgan fingerprint density at radius 1 is 1.53 bits per heavy atom. The van der Waals surface area contributed by atoms with Gasteiger partial charge in [-0.2, -0.15) is 4.39 Å². The Balaban J connectivity index is 2.45. The van der Waals surface area contributed by atoms with E-state index in [1.807, 2.05) is 0 Å². The second kappa shape index (κ2) is 5.45. The molecule has 0 aromatic heterocycles. The second-order valence-electron chi connectivity index (χ2n) is 4.65. The molecule has 2 rings (SSSR count). The zero-order chi connectivity index (χ0) is 14.2. The van der Waals surface area contributed by atoms with Crippen molar-refractivity contribution in [3.8, 4) is 5.75 Å². The lowest BCUT2D eigenvalue weighted by Crippen LogP contribution is -2.12. The molecule has 1 N–H and O–H groups in total. The minimum absolute atomic E-state index is 0.107. The van der Waals surface area contributed by atoms with Gasteiger partial charge in [-0.3, -0.25) is 4.79 Å². The average molecular weight is 335 g/mol. The Morgan fingerprint density at radius 3 is 2.63 bits per heavy atom. The van der Waals surface area contributed by atoms with Gasteiger partial charge in [0.05, 0.1) is 18.0 Å². The minimum atomic E-state index is -1.08. The maximum Gasteiger partial charge on any atom is 0.303 e. The molecule has 0 heterocycles. The highest BCUT2D eigenvalue weighted by atomic mass is 79.9. The van der Waals surface area contributed by atoms with E-state index in [-0.39, 0.29) is 23.7 Å². The Hall–Kier alpha value is -1.17. The van der Waals surface area contributed by atoms with Crippen LogP contribution >= 0.6 is 15.9 Å². The van der Waals surface area contributed by atoms with Crippen molar-refractivity contribution in [3.63, 3.8) is 0 Å². The summed E-state index contributed by atoms with van der Waals surface area (Å²) in [5.74, 6) is -3.68. The fraction of sp³-hybridized carbons (Fsp3) is 0.462. The summed E-state index contributed by atoms with van der Waals surface area (Å²) in [6.45, 7) is 0. The monoisotopic (exact) mass is 334 g/mol. The summed E-state index contributed by atoms with van der Waals surface area (Å²) in [4.78, 5) is 10.9. The standard InChI is InChI=1S/C13H13BrF2O3/c1-19-13-9(14)4-8(11(15)12(13)16)7(5-10(17)18)6-2-3-6/h4,6-7H,2-3,5H2,1H3,(H,17,18). The smallest absolute Gasteiger partial charge is 0.303 e. The van der Waals surface area contributed by atoms with Crippen molar-refractivity contribution in [1.82, 2.24) is 0 Å². The fourth-order valence-electron chi connectivity index (χ4n) is 2.27. The van der Waals surface area contributed by atoms with Gasteiger partial charge in [-0.15, -0.1) is 0 Å². The quantitative estimate of drug-likeness (QED) is 0.835. The van der Waals surface area contributed by atoms with E-state index in [9.17, 15) is 13.6 Å². The third-order valence-electron chi connectivity index (χ3n) is 3.33. The van der Waals surface area contributed by atoms with Gasteiger partial charge in [-0.1, -0.05) is 0 Å². The van der Waals surface area contributed by atoms with E-state index >= 15 is 0 Å². The van der Waals surface area contributed by atoms with Crippen LogP contribution in [0.1, 0.15) is 30.7 Å². The summed E-state index contributed by atoms with van der Waals surface area (Å²) in [6.07, 6.45) is 1.51. The number of hydrogen-bond acceptors (Lipinski definition) is 2. The van der Waals surface area contributed by atoms with Gasteiger partial charge in [-0.05, 0) is 46.3 Å². The highest BCUT2D eigenvalue weighted by Gasteiger charge is 2.36. The summed E-state index contributed by atoms with van der Waals surface area (Å²) < 4.78 is 32.9. The third-order valence-corrected chi connectivity index (χ3v) is 3.92. The van der Waals surface area contributed by atoms with Crippen LogP contribution in [-0.4, -0.2) is 18.2 Å². The Bertz CT molecular complexity index is 515. The van der Waals surface area contributed by atoms with Crippen molar-refractivity contribution in [3.05, 3.63) is 27.7 Å². The molecule has 6 heteroatoms. The predicted molar refractivity (Wildman–Crippen MR) is 68.3 cm³/mol. The normalized spacial score (nSPS) is 16.2. The summed E-state index contributed by atoms with van der Waals surface area (Å²) in [5, 5.41) is 8.90. The van der Waals surface area contributed by atoms with Gasteiger partial charge in [0.25, 0.3) is 0 Å². The van der Waals surface area contributed by atoms with Crippen LogP contribution < -0.4 is 4.74 Å². The van der Waals surface area contributed by atoms with E-state index in [1.165, 1.54) is 13.2 Å². The lowest BCUT2D eigenvalue weighted by atomic mass is 9.90. The zero-order valence-electron chi connectivity index (χ0n) is 10.3. The Labute approximate surface area is 117 Å². The van der Waals surface area contributed by atoms with E-state index in [4.69, 9.17) is 9.84 Å². The lowest BCUT2D eigenvalue weighted by molar-refractivity contribution is -0.137. The summed E-state index contributed by atoms with van der Waals surface area (Å²) in [6, 6.07) is 1.42. The van der Waals surface area contributed by atoms with Gasteiger partial charge in [0.1, 0.15) is 0 Å². The van der Waals surface area contributed by atoms with Crippen LogP contribution in [0.4, 0.5) is 8.78 Å². The molecule has 104 valence electrons. The third kappa shape index (κ3) is 2.88. The first-order valence-electron chi connectivity index (χ1n) is 5.88. The second-order valence-corrected chi connectivity index (χ2v) is 5.50. The average Bonchev–Trinajstić information content (AvgIpc) is 3.15. The number of aliphatic carboxylic acids is 1.